The van der Waals surface area contributed by atoms with Crippen LogP contribution in [0.4, 0.5) is 4.79 Å². The Kier molecular flexibility index (Phi) is 6.62. The van der Waals surface area contributed by atoms with Gasteiger partial charge in [0.15, 0.2) is 5.96 Å². The van der Waals surface area contributed by atoms with Crippen LogP contribution in [-0.4, -0.2) is 74.6 Å². The number of likely N-dealkylation sites (N-methyl/N-ethyl adjacent to an activating group) is 1. The maximum absolute atomic E-state index is 11.5. The highest BCUT2D eigenvalue weighted by Gasteiger charge is 2.27. The Labute approximate surface area is 147 Å². The lowest BCUT2D eigenvalue weighted by molar-refractivity contribution is -0.124. The lowest BCUT2D eigenvalue weighted by Crippen LogP contribution is -2.44. The summed E-state index contributed by atoms with van der Waals surface area (Å²) in [7, 11) is 3.59. The summed E-state index contributed by atoms with van der Waals surface area (Å²) >= 11 is 0. The van der Waals surface area contributed by atoms with Crippen LogP contribution in [0, 0.1) is 6.92 Å². The third-order valence-corrected chi connectivity index (χ3v) is 3.85. The summed E-state index contributed by atoms with van der Waals surface area (Å²) in [4.78, 5) is 30.3. The van der Waals surface area contributed by atoms with Crippen molar-refractivity contribution in [3.05, 3.63) is 29.8 Å². The first-order valence-corrected chi connectivity index (χ1v) is 8.20. The molecule has 1 aromatic carbocycles. The van der Waals surface area contributed by atoms with Crippen LogP contribution in [0.3, 0.4) is 0 Å². The number of hydrogen-bond acceptors (Lipinski definition) is 4. The summed E-state index contributed by atoms with van der Waals surface area (Å²) in [5, 5.41) is 5.63. The van der Waals surface area contributed by atoms with Gasteiger partial charge in [-0.2, -0.15) is 0 Å². The molecule has 2 rings (SSSR count). The van der Waals surface area contributed by atoms with E-state index in [1.807, 2.05) is 43.1 Å². The van der Waals surface area contributed by atoms with Crippen LogP contribution in [0.15, 0.2) is 29.3 Å². The number of carbonyl (C=O) groups excluding carboxylic acids is 2. The molecule has 136 valence electrons. The van der Waals surface area contributed by atoms with Crippen molar-refractivity contribution >= 4 is 17.9 Å². The van der Waals surface area contributed by atoms with E-state index in [4.69, 9.17) is 4.74 Å². The minimum atomic E-state index is -0.346. The summed E-state index contributed by atoms with van der Waals surface area (Å²) in [5.74, 6) is 1.31. The van der Waals surface area contributed by atoms with Gasteiger partial charge in [-0.1, -0.05) is 17.7 Å². The summed E-state index contributed by atoms with van der Waals surface area (Å²) in [6, 6.07) is 7.56. The number of rotatable bonds is 7. The van der Waals surface area contributed by atoms with Crippen LogP contribution in [0.2, 0.25) is 0 Å². The maximum atomic E-state index is 11.5. The second kappa shape index (κ2) is 8.91. The average molecular weight is 347 g/mol. The molecule has 1 heterocycles. The highest BCUT2D eigenvalue weighted by Crippen LogP contribution is 2.11. The van der Waals surface area contributed by atoms with Crippen LogP contribution in [0.5, 0.6) is 5.75 Å². The molecule has 0 spiro atoms. The molecule has 0 bridgehead atoms. The quantitative estimate of drug-likeness (QED) is 0.424. The predicted molar refractivity (Wildman–Crippen MR) is 95.8 cm³/mol. The summed E-state index contributed by atoms with van der Waals surface area (Å²) in [6.45, 7) is 4.02. The number of aliphatic imine (C=N–C) groups is 1. The van der Waals surface area contributed by atoms with E-state index in [2.05, 4.69) is 15.6 Å². The monoisotopic (exact) mass is 347 g/mol. The predicted octanol–water partition coefficient (Wildman–Crippen LogP) is 0.433. The molecule has 0 aromatic heterocycles. The summed E-state index contributed by atoms with van der Waals surface area (Å²) in [5.41, 5.74) is 1.19. The Balaban J connectivity index is 1.71. The van der Waals surface area contributed by atoms with Crippen LogP contribution in [0.25, 0.3) is 0 Å². The van der Waals surface area contributed by atoms with E-state index in [1.165, 1.54) is 10.5 Å². The summed E-state index contributed by atoms with van der Waals surface area (Å²) in [6.07, 6.45) is 0. The molecule has 1 aliphatic heterocycles. The maximum Gasteiger partial charge on any atom is 0.324 e. The van der Waals surface area contributed by atoms with Crippen molar-refractivity contribution in [3.8, 4) is 5.75 Å². The number of aryl methyl sites for hydroxylation is 1. The topological polar surface area (TPSA) is 86.3 Å². The fourth-order valence-electron chi connectivity index (χ4n) is 2.39. The van der Waals surface area contributed by atoms with Crippen molar-refractivity contribution in [2.24, 2.45) is 4.99 Å². The first-order chi connectivity index (χ1) is 12.0. The first kappa shape index (κ1) is 18.6. The molecule has 25 heavy (non-hydrogen) atoms. The van der Waals surface area contributed by atoms with E-state index in [1.54, 1.807) is 7.05 Å². The Morgan fingerprint density at radius 1 is 1.36 bits per heavy atom. The number of guanidine groups is 1. The molecule has 0 atom stereocenters. The molecule has 8 nitrogen and oxygen atoms in total. The third kappa shape index (κ3) is 5.37. The van der Waals surface area contributed by atoms with Crippen molar-refractivity contribution in [1.29, 1.82) is 0 Å². The van der Waals surface area contributed by atoms with Gasteiger partial charge in [-0.05, 0) is 19.1 Å². The zero-order chi connectivity index (χ0) is 18.2. The molecule has 0 unspecified atom stereocenters. The highest BCUT2D eigenvalue weighted by atomic mass is 16.5. The number of imide groups is 1. The minimum absolute atomic E-state index is 0.0732. The van der Waals surface area contributed by atoms with E-state index in [0.717, 1.165) is 5.75 Å². The van der Waals surface area contributed by atoms with Crippen molar-refractivity contribution in [2.45, 2.75) is 6.92 Å². The van der Waals surface area contributed by atoms with Gasteiger partial charge in [0.05, 0.1) is 13.1 Å². The van der Waals surface area contributed by atoms with Crippen molar-refractivity contribution in [3.63, 3.8) is 0 Å². The van der Waals surface area contributed by atoms with Crippen LogP contribution in [-0.2, 0) is 4.79 Å². The number of ether oxygens (including phenoxy) is 1. The van der Waals surface area contributed by atoms with Gasteiger partial charge in [-0.15, -0.1) is 0 Å². The molecule has 1 aliphatic rings. The molecule has 2 N–H and O–H groups in total. The van der Waals surface area contributed by atoms with Crippen LogP contribution in [0.1, 0.15) is 5.56 Å². The average Bonchev–Trinajstić information content (AvgIpc) is 2.92. The van der Waals surface area contributed by atoms with Gasteiger partial charge in [-0.3, -0.25) is 14.7 Å². The van der Waals surface area contributed by atoms with E-state index in [0.29, 0.717) is 32.2 Å². The van der Waals surface area contributed by atoms with E-state index in [9.17, 15) is 9.59 Å². The zero-order valence-corrected chi connectivity index (χ0v) is 14.9. The number of benzene rings is 1. The van der Waals surface area contributed by atoms with Crippen molar-refractivity contribution in [1.82, 2.24) is 20.4 Å². The molecule has 1 saturated heterocycles. The van der Waals surface area contributed by atoms with E-state index < -0.39 is 0 Å². The SMILES string of the molecule is CN=C(NCCN1C(=O)CNC1=O)N(C)CCOc1ccc(C)cc1. The second-order valence-electron chi connectivity index (χ2n) is 5.76. The largest absolute Gasteiger partial charge is 0.492 e. The Bertz CT molecular complexity index is 614. The molecule has 1 aromatic rings. The molecular weight excluding hydrogens is 322 g/mol. The molecule has 3 amide bonds. The van der Waals surface area contributed by atoms with Gasteiger partial charge in [0.2, 0.25) is 5.91 Å². The van der Waals surface area contributed by atoms with Gasteiger partial charge in [0, 0.05) is 27.2 Å². The number of urea groups is 1. The lowest BCUT2D eigenvalue weighted by Gasteiger charge is -2.23. The van der Waals surface area contributed by atoms with Gasteiger partial charge >= 0.3 is 6.03 Å². The number of nitrogens with one attached hydrogen (secondary N) is 2. The molecule has 0 radical (unpaired) electrons. The van der Waals surface area contributed by atoms with Gasteiger partial charge in [0.25, 0.3) is 0 Å². The molecule has 1 fully saturated rings. The number of hydrogen-bond donors (Lipinski definition) is 2. The minimum Gasteiger partial charge on any atom is -0.492 e. The zero-order valence-electron chi connectivity index (χ0n) is 14.9. The van der Waals surface area contributed by atoms with Gasteiger partial charge < -0.3 is 20.3 Å². The molecular formula is C17H25N5O3. The second-order valence-corrected chi connectivity index (χ2v) is 5.76. The Morgan fingerprint density at radius 2 is 2.08 bits per heavy atom. The Morgan fingerprint density at radius 3 is 2.68 bits per heavy atom. The number of carbonyl (C=O) groups is 2. The van der Waals surface area contributed by atoms with Crippen LogP contribution >= 0.6 is 0 Å². The fourth-order valence-corrected chi connectivity index (χ4v) is 2.39. The number of nitrogens with zero attached hydrogens (tertiary/aromatic N) is 3. The highest BCUT2D eigenvalue weighted by molar-refractivity contribution is 6.01. The molecule has 8 heteroatoms. The van der Waals surface area contributed by atoms with Crippen LogP contribution < -0.4 is 15.4 Å². The van der Waals surface area contributed by atoms with E-state index >= 15 is 0 Å². The normalized spacial score (nSPS) is 14.5. The molecule has 0 aliphatic carbocycles. The smallest absolute Gasteiger partial charge is 0.324 e. The van der Waals surface area contributed by atoms with E-state index in [-0.39, 0.29) is 18.5 Å². The van der Waals surface area contributed by atoms with Crippen molar-refractivity contribution in [2.75, 3.05) is 46.9 Å². The van der Waals surface area contributed by atoms with Crippen molar-refractivity contribution < 1.29 is 14.3 Å². The standard InChI is InChI=1S/C17H25N5O3/c1-13-4-6-14(7-5-13)25-11-10-21(3)16(18-2)19-8-9-22-15(23)12-20-17(22)24/h4-7H,8-12H2,1-3H3,(H,18,19)(H,20,24). The fraction of sp³-hybridized carbons (Fsp3) is 0.471. The lowest BCUT2D eigenvalue weighted by atomic mass is 10.2. The Hall–Kier alpha value is -2.77. The summed E-state index contributed by atoms with van der Waals surface area (Å²) < 4.78 is 5.71. The third-order valence-electron chi connectivity index (χ3n) is 3.85. The molecule has 0 saturated carbocycles. The van der Waals surface area contributed by atoms with Gasteiger partial charge in [-0.25, -0.2) is 4.79 Å². The van der Waals surface area contributed by atoms with Gasteiger partial charge in [0.1, 0.15) is 12.4 Å². The number of amides is 3. The first-order valence-electron chi connectivity index (χ1n) is 8.20.